The van der Waals surface area contributed by atoms with Gasteiger partial charge in [-0.05, 0) is 30.5 Å². The molecule has 2 aliphatic heterocycles. The van der Waals surface area contributed by atoms with Crippen LogP contribution >= 0.6 is 0 Å². The van der Waals surface area contributed by atoms with E-state index in [0.717, 1.165) is 5.56 Å². The minimum Gasteiger partial charge on any atom is -0.496 e. The molecule has 0 bridgehead atoms. The maximum absolute atomic E-state index is 12.9. The number of rotatable bonds is 2. The van der Waals surface area contributed by atoms with Gasteiger partial charge >= 0.3 is 5.97 Å². The number of carbonyl (C=O) groups excluding carboxylic acids is 2. The average Bonchev–Trinajstić information content (AvgIpc) is 2.61. The molecule has 6 nitrogen and oxygen atoms in total. The van der Waals surface area contributed by atoms with Crippen molar-refractivity contribution in [3.05, 3.63) is 30.0 Å². The Kier molecular flexibility index (Phi) is 4.11. The summed E-state index contributed by atoms with van der Waals surface area (Å²) < 4.78 is 22.2. The van der Waals surface area contributed by atoms with Crippen molar-refractivity contribution in [1.82, 2.24) is 0 Å². The molecule has 132 valence electrons. The molecule has 25 heavy (non-hydrogen) atoms. The van der Waals surface area contributed by atoms with E-state index in [1.807, 2.05) is 18.2 Å². The minimum atomic E-state index is -0.293. The zero-order chi connectivity index (χ0) is 17.4. The van der Waals surface area contributed by atoms with Crippen LogP contribution in [0.25, 0.3) is 5.57 Å². The predicted octanol–water partition coefficient (Wildman–Crippen LogP) is 2.50. The molecular weight excluding hydrogens is 324 g/mol. The lowest BCUT2D eigenvalue weighted by molar-refractivity contribution is -0.151. The van der Waals surface area contributed by atoms with Gasteiger partial charge in [-0.15, -0.1) is 0 Å². The molecule has 1 aromatic carbocycles. The van der Waals surface area contributed by atoms with Crippen LogP contribution in [0.5, 0.6) is 11.5 Å². The van der Waals surface area contributed by atoms with Gasteiger partial charge in [0, 0.05) is 13.3 Å². The Hall–Kier alpha value is -2.50. The Morgan fingerprint density at radius 3 is 2.76 bits per heavy atom. The van der Waals surface area contributed by atoms with E-state index in [-0.39, 0.29) is 29.9 Å². The van der Waals surface area contributed by atoms with E-state index in [1.54, 1.807) is 0 Å². The lowest BCUT2D eigenvalue weighted by Crippen LogP contribution is -2.41. The molecule has 0 saturated heterocycles. The quantitative estimate of drug-likeness (QED) is 0.768. The van der Waals surface area contributed by atoms with Crippen molar-refractivity contribution in [3.63, 3.8) is 0 Å². The molecule has 0 N–H and O–H groups in total. The highest BCUT2D eigenvalue weighted by Crippen LogP contribution is 2.39. The number of ketones is 1. The van der Waals surface area contributed by atoms with Gasteiger partial charge in [0.25, 0.3) is 0 Å². The van der Waals surface area contributed by atoms with Crippen LogP contribution in [0, 0.1) is 5.92 Å². The zero-order valence-electron chi connectivity index (χ0n) is 14.0. The normalized spacial score (nSPS) is 27.6. The first-order valence-electron chi connectivity index (χ1n) is 8.59. The highest BCUT2D eigenvalue weighted by atomic mass is 16.6. The number of hydrogen-bond acceptors (Lipinski definition) is 6. The number of allylic oxidation sites excluding steroid dienone is 1. The van der Waals surface area contributed by atoms with Crippen LogP contribution in [-0.4, -0.2) is 37.2 Å². The molecule has 1 saturated carbocycles. The van der Waals surface area contributed by atoms with E-state index >= 15 is 0 Å². The smallest absolute Gasteiger partial charge is 0.302 e. The third-order valence-electron chi connectivity index (χ3n) is 4.89. The monoisotopic (exact) mass is 344 g/mol. The molecule has 0 spiro atoms. The molecule has 4 rings (SSSR count). The fourth-order valence-electron chi connectivity index (χ4n) is 3.72. The molecular formula is C19H20O6. The SMILES string of the molecule is CC(=O)OC1CCC2C(=O)C(c3ccc4c(c3)OCCO4)=COC2C1. The van der Waals surface area contributed by atoms with Crippen LogP contribution < -0.4 is 9.47 Å². The number of ether oxygens (including phenoxy) is 4. The van der Waals surface area contributed by atoms with Crippen LogP contribution in [-0.2, 0) is 19.1 Å². The van der Waals surface area contributed by atoms with Crippen LogP contribution in [0.1, 0.15) is 31.7 Å². The molecule has 0 radical (unpaired) electrons. The summed E-state index contributed by atoms with van der Waals surface area (Å²) in [5.74, 6) is 0.935. The highest BCUT2D eigenvalue weighted by Gasteiger charge is 2.41. The van der Waals surface area contributed by atoms with Gasteiger partial charge < -0.3 is 18.9 Å². The Morgan fingerprint density at radius 1 is 1.16 bits per heavy atom. The van der Waals surface area contributed by atoms with Crippen molar-refractivity contribution in [2.45, 2.75) is 38.4 Å². The number of esters is 1. The van der Waals surface area contributed by atoms with E-state index < -0.39 is 0 Å². The van der Waals surface area contributed by atoms with Gasteiger partial charge in [-0.1, -0.05) is 6.07 Å². The van der Waals surface area contributed by atoms with Crippen molar-refractivity contribution >= 4 is 17.3 Å². The van der Waals surface area contributed by atoms with Crippen molar-refractivity contribution in [3.8, 4) is 11.5 Å². The van der Waals surface area contributed by atoms with Crippen LogP contribution in [0.15, 0.2) is 24.5 Å². The van der Waals surface area contributed by atoms with Crippen molar-refractivity contribution in [1.29, 1.82) is 0 Å². The average molecular weight is 344 g/mol. The maximum Gasteiger partial charge on any atom is 0.302 e. The van der Waals surface area contributed by atoms with Gasteiger partial charge in [0.05, 0.1) is 17.8 Å². The van der Waals surface area contributed by atoms with Crippen molar-refractivity contribution in [2.75, 3.05) is 13.2 Å². The van der Waals surface area contributed by atoms with E-state index in [2.05, 4.69) is 0 Å². The largest absolute Gasteiger partial charge is 0.496 e. The van der Waals surface area contributed by atoms with Crippen molar-refractivity contribution in [2.24, 2.45) is 5.92 Å². The molecule has 1 aromatic rings. The predicted molar refractivity (Wildman–Crippen MR) is 88.2 cm³/mol. The highest BCUT2D eigenvalue weighted by molar-refractivity contribution is 6.22. The fourth-order valence-corrected chi connectivity index (χ4v) is 3.72. The summed E-state index contributed by atoms with van der Waals surface area (Å²) in [5, 5.41) is 0. The molecule has 2 heterocycles. The molecule has 3 aliphatic rings. The molecule has 0 amide bonds. The van der Waals surface area contributed by atoms with Gasteiger partial charge in [0.1, 0.15) is 25.4 Å². The van der Waals surface area contributed by atoms with E-state index in [0.29, 0.717) is 49.5 Å². The summed E-state index contributed by atoms with van der Waals surface area (Å²) in [6, 6.07) is 5.50. The third kappa shape index (κ3) is 3.08. The summed E-state index contributed by atoms with van der Waals surface area (Å²) in [7, 11) is 0. The second kappa shape index (κ2) is 6.43. The van der Waals surface area contributed by atoms with Crippen LogP contribution in [0.3, 0.4) is 0 Å². The maximum atomic E-state index is 12.9. The number of Topliss-reactive ketones (excluding diaryl/α,β-unsaturated/α-hetero) is 1. The third-order valence-corrected chi connectivity index (χ3v) is 4.89. The van der Waals surface area contributed by atoms with E-state index in [1.165, 1.54) is 13.2 Å². The van der Waals surface area contributed by atoms with Gasteiger partial charge in [0.15, 0.2) is 17.3 Å². The Labute approximate surface area is 145 Å². The number of benzene rings is 1. The number of fused-ring (bicyclic) bond motifs is 2. The summed E-state index contributed by atoms with van der Waals surface area (Å²) in [5.41, 5.74) is 1.33. The Morgan fingerprint density at radius 2 is 1.96 bits per heavy atom. The Balaban J connectivity index is 1.54. The van der Waals surface area contributed by atoms with Gasteiger partial charge in [-0.3, -0.25) is 9.59 Å². The lowest BCUT2D eigenvalue weighted by atomic mass is 9.78. The standard InChI is InChI=1S/C19H20O6/c1-11(20)25-13-3-4-14-17(9-13)24-10-15(19(14)21)12-2-5-16-18(8-12)23-7-6-22-16/h2,5,8,10,13-14,17H,3-4,6-7,9H2,1H3. The zero-order valence-corrected chi connectivity index (χ0v) is 14.0. The first-order valence-corrected chi connectivity index (χ1v) is 8.59. The number of carbonyl (C=O) groups is 2. The molecule has 3 unspecified atom stereocenters. The van der Waals surface area contributed by atoms with E-state index in [4.69, 9.17) is 18.9 Å². The second-order valence-corrected chi connectivity index (χ2v) is 6.58. The first kappa shape index (κ1) is 16.0. The van der Waals surface area contributed by atoms with Crippen LogP contribution in [0.2, 0.25) is 0 Å². The Bertz CT molecular complexity index is 737. The minimum absolute atomic E-state index is 0.0780. The first-order chi connectivity index (χ1) is 12.1. The fraction of sp³-hybridized carbons (Fsp3) is 0.474. The topological polar surface area (TPSA) is 71.1 Å². The van der Waals surface area contributed by atoms with Gasteiger partial charge in [-0.2, -0.15) is 0 Å². The van der Waals surface area contributed by atoms with E-state index in [9.17, 15) is 9.59 Å². The summed E-state index contributed by atoms with van der Waals surface area (Å²) in [6.45, 7) is 2.44. The molecule has 0 aromatic heterocycles. The molecule has 6 heteroatoms. The summed E-state index contributed by atoms with van der Waals surface area (Å²) in [4.78, 5) is 24.1. The number of hydrogen-bond donors (Lipinski definition) is 0. The lowest BCUT2D eigenvalue weighted by Gasteiger charge is -2.37. The molecule has 1 fully saturated rings. The van der Waals surface area contributed by atoms with Gasteiger partial charge in [-0.25, -0.2) is 0 Å². The molecule has 3 atom stereocenters. The van der Waals surface area contributed by atoms with Crippen molar-refractivity contribution < 1.29 is 28.5 Å². The van der Waals surface area contributed by atoms with Gasteiger partial charge in [0.2, 0.25) is 0 Å². The second-order valence-electron chi connectivity index (χ2n) is 6.58. The van der Waals surface area contributed by atoms with Crippen LogP contribution in [0.4, 0.5) is 0 Å². The summed E-state index contributed by atoms with van der Waals surface area (Å²) in [6.07, 6.45) is 3.03. The molecule has 1 aliphatic carbocycles. The summed E-state index contributed by atoms with van der Waals surface area (Å²) >= 11 is 0.